The molecule has 0 saturated carbocycles. The number of nitrogens with zero attached hydrogens (tertiary/aromatic N) is 2. The largest absolute Gasteiger partial charge is 0.497 e. The first-order valence-corrected chi connectivity index (χ1v) is 11.6. The van der Waals surface area contributed by atoms with Gasteiger partial charge in [-0.05, 0) is 65.7 Å². The highest BCUT2D eigenvalue weighted by atomic mass is 32.2. The molecule has 1 aliphatic rings. The standard InChI is InChI=1S/C27H23N3O2S/c1-32-22-13-11-19(12-14-22)17-25-26(31)30(27(33-25)29-21-7-3-2-4-8-21)16-15-20-18-28-24-10-6-5-9-23(20)24/h2-14,17-18,28H,15-16H2,1H3/b25-17-,29-27?. The lowest BCUT2D eigenvalue weighted by Crippen LogP contribution is -2.31. The quantitative estimate of drug-likeness (QED) is 0.363. The summed E-state index contributed by atoms with van der Waals surface area (Å²) in [6.07, 6.45) is 4.68. The van der Waals surface area contributed by atoms with E-state index in [-0.39, 0.29) is 5.91 Å². The maximum absolute atomic E-state index is 13.4. The summed E-state index contributed by atoms with van der Waals surface area (Å²) < 4.78 is 5.24. The second-order valence-corrected chi connectivity index (χ2v) is 8.69. The maximum atomic E-state index is 13.4. The number of amidine groups is 1. The van der Waals surface area contributed by atoms with Gasteiger partial charge >= 0.3 is 0 Å². The molecule has 0 atom stereocenters. The minimum atomic E-state index is -0.0228. The number of para-hydroxylation sites is 2. The fraction of sp³-hybridized carbons (Fsp3) is 0.111. The summed E-state index contributed by atoms with van der Waals surface area (Å²) in [5.74, 6) is 0.763. The van der Waals surface area contributed by atoms with Gasteiger partial charge in [-0.2, -0.15) is 0 Å². The molecule has 2 heterocycles. The van der Waals surface area contributed by atoms with Crippen molar-refractivity contribution in [3.63, 3.8) is 0 Å². The third-order valence-corrected chi connectivity index (χ3v) is 6.57. The number of thioether (sulfide) groups is 1. The van der Waals surface area contributed by atoms with Crippen LogP contribution in [0.3, 0.4) is 0 Å². The second kappa shape index (κ2) is 9.38. The average molecular weight is 454 g/mol. The molecule has 1 N–H and O–H groups in total. The van der Waals surface area contributed by atoms with Gasteiger partial charge in [-0.3, -0.25) is 9.69 Å². The van der Waals surface area contributed by atoms with Gasteiger partial charge in [0.05, 0.1) is 17.7 Å². The molecule has 6 heteroatoms. The maximum Gasteiger partial charge on any atom is 0.266 e. The summed E-state index contributed by atoms with van der Waals surface area (Å²) in [6, 6.07) is 25.7. The molecular weight excluding hydrogens is 430 g/mol. The summed E-state index contributed by atoms with van der Waals surface area (Å²) in [6.45, 7) is 0.555. The fourth-order valence-corrected chi connectivity index (χ4v) is 4.85. The number of aromatic amines is 1. The molecule has 0 bridgehead atoms. The van der Waals surface area contributed by atoms with Gasteiger partial charge in [0, 0.05) is 23.6 Å². The number of aromatic nitrogens is 1. The van der Waals surface area contributed by atoms with E-state index < -0.39 is 0 Å². The molecule has 0 radical (unpaired) electrons. The van der Waals surface area contributed by atoms with Crippen LogP contribution in [0.2, 0.25) is 0 Å². The number of ether oxygens (including phenoxy) is 1. The summed E-state index contributed by atoms with van der Waals surface area (Å²) in [7, 11) is 1.64. The van der Waals surface area contributed by atoms with Crippen LogP contribution < -0.4 is 4.74 Å². The Morgan fingerprint density at radius 3 is 2.55 bits per heavy atom. The van der Waals surface area contributed by atoms with E-state index in [0.717, 1.165) is 28.9 Å². The Balaban J connectivity index is 1.44. The van der Waals surface area contributed by atoms with E-state index in [0.29, 0.717) is 16.6 Å². The molecule has 5 rings (SSSR count). The van der Waals surface area contributed by atoms with E-state index in [4.69, 9.17) is 9.73 Å². The number of carbonyl (C=O) groups excluding carboxylic acids is 1. The van der Waals surface area contributed by atoms with Crippen LogP contribution in [-0.2, 0) is 11.2 Å². The zero-order valence-corrected chi connectivity index (χ0v) is 19.0. The number of methoxy groups -OCH3 is 1. The fourth-order valence-electron chi connectivity index (χ4n) is 3.82. The number of fused-ring (bicyclic) bond motifs is 1. The van der Waals surface area contributed by atoms with Crippen molar-refractivity contribution in [2.24, 2.45) is 4.99 Å². The van der Waals surface area contributed by atoms with Crippen LogP contribution in [0.15, 0.2) is 95.0 Å². The van der Waals surface area contributed by atoms with Crippen molar-refractivity contribution < 1.29 is 9.53 Å². The van der Waals surface area contributed by atoms with E-state index in [1.165, 1.54) is 22.7 Å². The van der Waals surface area contributed by atoms with Crippen LogP contribution in [0.5, 0.6) is 5.75 Å². The molecule has 0 unspecified atom stereocenters. The number of hydrogen-bond donors (Lipinski definition) is 1. The third kappa shape index (κ3) is 4.56. The van der Waals surface area contributed by atoms with Gasteiger partial charge in [0.2, 0.25) is 0 Å². The molecule has 4 aromatic rings. The lowest BCUT2D eigenvalue weighted by molar-refractivity contribution is -0.122. The molecule has 5 nitrogen and oxygen atoms in total. The number of amides is 1. The monoisotopic (exact) mass is 453 g/mol. The average Bonchev–Trinajstić information content (AvgIpc) is 3.39. The molecule has 0 aliphatic carbocycles. The number of benzene rings is 3. The van der Waals surface area contributed by atoms with Crippen LogP contribution in [0.4, 0.5) is 5.69 Å². The van der Waals surface area contributed by atoms with Crippen LogP contribution in [-0.4, -0.2) is 34.6 Å². The predicted octanol–water partition coefficient (Wildman–Crippen LogP) is 6.02. The van der Waals surface area contributed by atoms with Crippen molar-refractivity contribution in [1.29, 1.82) is 0 Å². The number of aliphatic imine (C=N–C) groups is 1. The van der Waals surface area contributed by atoms with E-state index >= 15 is 0 Å². The minimum absolute atomic E-state index is 0.0228. The van der Waals surface area contributed by atoms with Crippen molar-refractivity contribution in [3.05, 3.63) is 101 Å². The molecule has 1 aliphatic heterocycles. The number of H-pyrrole nitrogens is 1. The van der Waals surface area contributed by atoms with Gasteiger partial charge in [-0.15, -0.1) is 0 Å². The van der Waals surface area contributed by atoms with Crippen molar-refractivity contribution in [2.75, 3.05) is 13.7 Å². The summed E-state index contributed by atoms with van der Waals surface area (Å²) >= 11 is 1.42. The Kier molecular flexibility index (Phi) is 6.00. The molecule has 1 saturated heterocycles. The third-order valence-electron chi connectivity index (χ3n) is 5.56. The molecule has 0 spiro atoms. The van der Waals surface area contributed by atoms with E-state index in [9.17, 15) is 4.79 Å². The number of carbonyl (C=O) groups is 1. The number of hydrogen-bond acceptors (Lipinski definition) is 4. The highest BCUT2D eigenvalue weighted by Crippen LogP contribution is 2.34. The Hall–Kier alpha value is -3.77. The van der Waals surface area contributed by atoms with E-state index in [1.807, 2.05) is 79.0 Å². The smallest absolute Gasteiger partial charge is 0.266 e. The topological polar surface area (TPSA) is 57.7 Å². The van der Waals surface area contributed by atoms with Crippen LogP contribution in [0.25, 0.3) is 17.0 Å². The summed E-state index contributed by atoms with van der Waals surface area (Å²) in [5, 5.41) is 1.89. The van der Waals surface area contributed by atoms with Crippen LogP contribution in [0, 0.1) is 0 Å². The first-order valence-electron chi connectivity index (χ1n) is 10.8. The first-order chi connectivity index (χ1) is 16.2. The highest BCUT2D eigenvalue weighted by molar-refractivity contribution is 8.18. The lowest BCUT2D eigenvalue weighted by atomic mass is 10.1. The highest BCUT2D eigenvalue weighted by Gasteiger charge is 2.33. The van der Waals surface area contributed by atoms with Gasteiger partial charge in [0.25, 0.3) is 5.91 Å². The van der Waals surface area contributed by atoms with E-state index in [2.05, 4.69) is 17.1 Å². The van der Waals surface area contributed by atoms with Crippen LogP contribution >= 0.6 is 11.8 Å². The van der Waals surface area contributed by atoms with Crippen molar-refractivity contribution in [2.45, 2.75) is 6.42 Å². The molecule has 1 amide bonds. The van der Waals surface area contributed by atoms with Crippen molar-refractivity contribution in [1.82, 2.24) is 9.88 Å². The van der Waals surface area contributed by atoms with Crippen molar-refractivity contribution >= 4 is 45.5 Å². The van der Waals surface area contributed by atoms with Crippen LogP contribution in [0.1, 0.15) is 11.1 Å². The summed E-state index contributed by atoms with van der Waals surface area (Å²) in [4.78, 5) is 23.9. The second-order valence-electron chi connectivity index (χ2n) is 7.68. The SMILES string of the molecule is COc1ccc(/C=C2\SC(=Nc3ccccc3)N(CCc3c[nH]c4ccccc34)C2=O)cc1. The molecular formula is C27H23N3O2S. The molecule has 164 valence electrons. The summed E-state index contributed by atoms with van der Waals surface area (Å²) in [5.41, 5.74) is 4.07. The molecule has 1 fully saturated rings. The minimum Gasteiger partial charge on any atom is -0.497 e. The van der Waals surface area contributed by atoms with Gasteiger partial charge in [-0.25, -0.2) is 4.99 Å². The number of rotatable bonds is 6. The molecule has 3 aromatic carbocycles. The molecule has 33 heavy (non-hydrogen) atoms. The Labute approximate surface area is 196 Å². The van der Waals surface area contributed by atoms with Gasteiger partial charge in [-0.1, -0.05) is 48.5 Å². The van der Waals surface area contributed by atoms with Crippen molar-refractivity contribution in [3.8, 4) is 5.75 Å². The Bertz CT molecular complexity index is 1340. The van der Waals surface area contributed by atoms with Gasteiger partial charge in [0.15, 0.2) is 5.17 Å². The number of nitrogens with one attached hydrogen (secondary N) is 1. The zero-order valence-electron chi connectivity index (χ0n) is 18.2. The lowest BCUT2D eigenvalue weighted by Gasteiger charge is -2.15. The zero-order chi connectivity index (χ0) is 22.6. The van der Waals surface area contributed by atoms with Gasteiger partial charge in [0.1, 0.15) is 5.75 Å². The molecule has 1 aromatic heterocycles. The predicted molar refractivity (Wildman–Crippen MR) is 136 cm³/mol. The first kappa shape index (κ1) is 21.1. The van der Waals surface area contributed by atoms with Gasteiger partial charge < -0.3 is 9.72 Å². The van der Waals surface area contributed by atoms with E-state index in [1.54, 1.807) is 12.0 Å². The Morgan fingerprint density at radius 2 is 1.76 bits per heavy atom. The normalized spacial score (nSPS) is 16.3. The Morgan fingerprint density at radius 1 is 1.00 bits per heavy atom.